The third kappa shape index (κ3) is 5.79. The van der Waals surface area contributed by atoms with Crippen LogP contribution in [0.5, 0.6) is 0 Å². The smallest absolute Gasteiger partial charge is 0.274 e. The summed E-state index contributed by atoms with van der Waals surface area (Å²) in [4.78, 5) is 9.96. The largest absolute Gasteiger partial charge is 0.389 e. The van der Waals surface area contributed by atoms with Crippen LogP contribution in [0.2, 0.25) is 0 Å². The molecule has 78 valence electrons. The average molecular weight is 225 g/mol. The summed E-state index contributed by atoms with van der Waals surface area (Å²) in [6, 6.07) is 0. The topological polar surface area (TPSA) is 17.1 Å². The van der Waals surface area contributed by atoms with E-state index in [0.717, 1.165) is 0 Å². The number of rotatable bonds is 4. The number of carbonyl (C=O) groups excluding carboxylic acids is 1. The molecule has 0 amide bonds. The summed E-state index contributed by atoms with van der Waals surface area (Å²) in [5, 5.41) is -1.92. The highest BCUT2D eigenvalue weighted by atomic mass is 35.5. The lowest BCUT2D eigenvalue weighted by Gasteiger charge is -2.11. The van der Waals surface area contributed by atoms with Crippen LogP contribution >= 0.6 is 11.6 Å². The second-order valence-electron chi connectivity index (χ2n) is 2.45. The first kappa shape index (κ1) is 12.6. The van der Waals surface area contributed by atoms with Crippen molar-refractivity contribution in [3.05, 3.63) is 0 Å². The molecule has 0 aliphatic carbocycles. The number of carbonyl (C=O) groups is 1. The van der Waals surface area contributed by atoms with Gasteiger partial charge in [-0.3, -0.25) is 4.79 Å². The third-order valence-corrected chi connectivity index (χ3v) is 1.52. The predicted octanol–water partition coefficient (Wildman–Crippen LogP) is 3.12. The van der Waals surface area contributed by atoms with Gasteiger partial charge in [0, 0.05) is 12.8 Å². The molecule has 0 bridgehead atoms. The van der Waals surface area contributed by atoms with Gasteiger partial charge in [-0.15, -0.1) is 0 Å². The summed E-state index contributed by atoms with van der Waals surface area (Å²) in [5.74, 6) is -3.85. The van der Waals surface area contributed by atoms with E-state index >= 15 is 0 Å². The molecule has 0 radical (unpaired) electrons. The van der Waals surface area contributed by atoms with E-state index in [9.17, 15) is 26.7 Å². The van der Waals surface area contributed by atoms with Crippen molar-refractivity contribution in [3.63, 3.8) is 0 Å². The Morgan fingerprint density at radius 3 is 1.85 bits per heavy atom. The second kappa shape index (κ2) is 4.21. The Balaban J connectivity index is 3.84. The van der Waals surface area contributed by atoms with Gasteiger partial charge in [0.05, 0.1) is 0 Å². The van der Waals surface area contributed by atoms with Crippen molar-refractivity contribution in [1.82, 2.24) is 0 Å². The Labute approximate surface area is 75.9 Å². The summed E-state index contributed by atoms with van der Waals surface area (Å²) >= 11 is 4.45. The van der Waals surface area contributed by atoms with Crippen molar-refractivity contribution >= 4 is 16.8 Å². The van der Waals surface area contributed by atoms with E-state index in [1.54, 1.807) is 0 Å². The van der Waals surface area contributed by atoms with Gasteiger partial charge in [0.15, 0.2) is 0 Å². The SMILES string of the molecule is O=C(Cl)C(F)(F)CCCC(F)(F)F. The Morgan fingerprint density at radius 1 is 1.08 bits per heavy atom. The minimum Gasteiger partial charge on any atom is -0.274 e. The molecule has 0 N–H and O–H groups in total. The quantitative estimate of drug-likeness (QED) is 0.530. The van der Waals surface area contributed by atoms with E-state index in [1.807, 2.05) is 0 Å². The molecule has 0 atom stereocenters. The summed E-state index contributed by atoms with van der Waals surface area (Å²) in [6.45, 7) is 0. The lowest BCUT2D eigenvalue weighted by molar-refractivity contribution is -0.145. The Morgan fingerprint density at radius 2 is 1.54 bits per heavy atom. The monoisotopic (exact) mass is 224 g/mol. The number of halogens is 6. The van der Waals surface area contributed by atoms with Crippen LogP contribution in [-0.4, -0.2) is 17.3 Å². The molecule has 0 saturated heterocycles. The third-order valence-electron chi connectivity index (χ3n) is 1.24. The van der Waals surface area contributed by atoms with Gasteiger partial charge in [-0.2, -0.15) is 22.0 Å². The van der Waals surface area contributed by atoms with E-state index in [2.05, 4.69) is 11.6 Å². The zero-order valence-corrected chi connectivity index (χ0v) is 7.05. The predicted molar refractivity (Wildman–Crippen MR) is 35.7 cm³/mol. The molecule has 0 aromatic heterocycles. The van der Waals surface area contributed by atoms with Gasteiger partial charge in [0.1, 0.15) is 0 Å². The summed E-state index contributed by atoms with van der Waals surface area (Å²) < 4.78 is 59.0. The molecule has 0 fully saturated rings. The van der Waals surface area contributed by atoms with E-state index in [1.165, 1.54) is 0 Å². The Bertz CT molecular complexity index is 188. The molecular weight excluding hydrogens is 219 g/mol. The van der Waals surface area contributed by atoms with Gasteiger partial charge in [0.25, 0.3) is 5.24 Å². The lowest BCUT2D eigenvalue weighted by Crippen LogP contribution is -2.24. The highest BCUT2D eigenvalue weighted by molar-refractivity contribution is 6.65. The van der Waals surface area contributed by atoms with Crippen LogP contribution in [0.25, 0.3) is 0 Å². The fourth-order valence-corrected chi connectivity index (χ4v) is 0.704. The fraction of sp³-hybridized carbons (Fsp3) is 0.833. The molecule has 0 saturated carbocycles. The van der Waals surface area contributed by atoms with Gasteiger partial charge in [-0.05, 0) is 18.0 Å². The maximum Gasteiger partial charge on any atom is 0.389 e. The first-order valence-electron chi connectivity index (χ1n) is 3.30. The van der Waals surface area contributed by atoms with Gasteiger partial charge >= 0.3 is 12.1 Å². The molecule has 0 aliphatic heterocycles. The zero-order chi connectivity index (χ0) is 10.7. The minimum atomic E-state index is -4.48. The molecule has 0 aromatic rings. The van der Waals surface area contributed by atoms with Crippen LogP contribution in [0, 0.1) is 0 Å². The number of hydrogen-bond acceptors (Lipinski definition) is 1. The van der Waals surface area contributed by atoms with Crippen LogP contribution in [0.1, 0.15) is 19.3 Å². The molecule has 0 rings (SSSR count). The molecular formula is C6H6ClF5O. The Hall–Kier alpha value is -0.390. The number of alkyl halides is 5. The van der Waals surface area contributed by atoms with Gasteiger partial charge < -0.3 is 0 Å². The molecule has 7 heteroatoms. The van der Waals surface area contributed by atoms with Crippen LogP contribution in [0.3, 0.4) is 0 Å². The average Bonchev–Trinajstić information content (AvgIpc) is 1.82. The molecule has 0 unspecified atom stereocenters. The van der Waals surface area contributed by atoms with E-state index in [-0.39, 0.29) is 0 Å². The van der Waals surface area contributed by atoms with Crippen LogP contribution in [-0.2, 0) is 4.79 Å². The summed E-state index contributed by atoms with van der Waals surface area (Å²) in [7, 11) is 0. The molecule has 0 aromatic carbocycles. The second-order valence-corrected chi connectivity index (χ2v) is 2.79. The van der Waals surface area contributed by atoms with Crippen molar-refractivity contribution in [1.29, 1.82) is 0 Å². The van der Waals surface area contributed by atoms with Crippen molar-refractivity contribution in [2.75, 3.05) is 0 Å². The van der Waals surface area contributed by atoms with Crippen molar-refractivity contribution < 1.29 is 26.7 Å². The van der Waals surface area contributed by atoms with E-state index in [4.69, 9.17) is 0 Å². The van der Waals surface area contributed by atoms with Gasteiger partial charge in [-0.25, -0.2) is 0 Å². The molecule has 0 aliphatic rings. The first-order valence-corrected chi connectivity index (χ1v) is 3.67. The molecule has 0 heterocycles. The van der Waals surface area contributed by atoms with Crippen LogP contribution in [0.4, 0.5) is 22.0 Å². The van der Waals surface area contributed by atoms with Gasteiger partial charge in [-0.1, -0.05) is 0 Å². The summed E-state index contributed by atoms with van der Waals surface area (Å²) in [6.07, 6.45) is -7.80. The number of hydrogen-bond donors (Lipinski definition) is 0. The van der Waals surface area contributed by atoms with Crippen molar-refractivity contribution in [2.24, 2.45) is 0 Å². The summed E-state index contributed by atoms with van der Waals surface area (Å²) in [5.41, 5.74) is 0. The standard InChI is InChI=1S/C6H6ClF5O/c7-4(13)5(8,9)2-1-3-6(10,11)12/h1-3H2. The normalized spacial score (nSPS) is 13.1. The maximum atomic E-state index is 12.3. The lowest BCUT2D eigenvalue weighted by atomic mass is 10.1. The molecule has 13 heavy (non-hydrogen) atoms. The van der Waals surface area contributed by atoms with E-state index in [0.29, 0.717) is 0 Å². The van der Waals surface area contributed by atoms with Gasteiger partial charge in [0.2, 0.25) is 0 Å². The Kier molecular flexibility index (Phi) is 4.09. The minimum absolute atomic E-state index is 0.811. The zero-order valence-electron chi connectivity index (χ0n) is 6.30. The van der Waals surface area contributed by atoms with Crippen LogP contribution < -0.4 is 0 Å². The molecule has 0 spiro atoms. The van der Waals surface area contributed by atoms with Crippen LogP contribution in [0.15, 0.2) is 0 Å². The van der Waals surface area contributed by atoms with Crippen molar-refractivity contribution in [2.45, 2.75) is 31.4 Å². The van der Waals surface area contributed by atoms with E-state index < -0.39 is 36.6 Å². The molecule has 1 nitrogen and oxygen atoms in total. The highest BCUT2D eigenvalue weighted by Crippen LogP contribution is 2.28. The highest BCUT2D eigenvalue weighted by Gasteiger charge is 2.38. The first-order chi connectivity index (χ1) is 5.65. The van der Waals surface area contributed by atoms with Crippen molar-refractivity contribution in [3.8, 4) is 0 Å². The fourth-order valence-electron chi connectivity index (χ4n) is 0.609. The maximum absolute atomic E-state index is 12.3.